The molecule has 0 saturated carbocycles. The lowest BCUT2D eigenvalue weighted by atomic mass is 10.2. The van der Waals surface area contributed by atoms with Crippen molar-refractivity contribution in [2.45, 2.75) is 0 Å². The van der Waals surface area contributed by atoms with E-state index in [1.54, 1.807) is 12.1 Å². The zero-order valence-electron chi connectivity index (χ0n) is 10.4. The van der Waals surface area contributed by atoms with Crippen molar-refractivity contribution in [1.82, 2.24) is 0 Å². The maximum atomic E-state index is 11.6. The summed E-state index contributed by atoms with van der Waals surface area (Å²) >= 11 is 0. The third kappa shape index (κ3) is 3.52. The highest BCUT2D eigenvalue weighted by Crippen LogP contribution is 2.25. The van der Waals surface area contributed by atoms with Gasteiger partial charge in [0.15, 0.2) is 0 Å². The van der Waals surface area contributed by atoms with Crippen molar-refractivity contribution in [1.29, 1.82) is 0 Å². The van der Waals surface area contributed by atoms with Crippen LogP contribution >= 0.6 is 0 Å². The Morgan fingerprint density at radius 1 is 1.05 bits per heavy atom. The van der Waals surface area contributed by atoms with Crippen LogP contribution in [0.2, 0.25) is 0 Å². The first kappa shape index (κ1) is 13.5. The number of nitro groups is 1. The maximum Gasteiger partial charge on any atom is 0.336 e. The van der Waals surface area contributed by atoms with Gasteiger partial charge in [0.2, 0.25) is 5.75 Å². The molecule has 0 fully saturated rings. The number of rotatable bonds is 4. The average Bonchev–Trinajstić information content (AvgIpc) is 2.46. The first-order valence-corrected chi connectivity index (χ1v) is 5.85. The van der Waals surface area contributed by atoms with Crippen molar-refractivity contribution in [3.05, 3.63) is 76.4 Å². The van der Waals surface area contributed by atoms with Gasteiger partial charge in [-0.1, -0.05) is 42.5 Å². The lowest BCUT2D eigenvalue weighted by Crippen LogP contribution is -2.05. The zero-order chi connectivity index (χ0) is 14.4. The fourth-order valence-electron chi connectivity index (χ4n) is 1.57. The molecule has 2 aromatic rings. The molecule has 0 radical (unpaired) electrons. The van der Waals surface area contributed by atoms with Gasteiger partial charge in [0.05, 0.1) is 4.92 Å². The molecule has 0 aliphatic carbocycles. The summed E-state index contributed by atoms with van der Waals surface area (Å²) in [6.45, 7) is 0. The zero-order valence-corrected chi connectivity index (χ0v) is 10.4. The Hall–Kier alpha value is -2.95. The second kappa shape index (κ2) is 6.29. The van der Waals surface area contributed by atoms with Crippen LogP contribution in [0.15, 0.2) is 60.7 Å². The van der Waals surface area contributed by atoms with Gasteiger partial charge in [-0.05, 0) is 17.7 Å². The van der Waals surface area contributed by atoms with Gasteiger partial charge in [-0.25, -0.2) is 4.79 Å². The van der Waals surface area contributed by atoms with E-state index >= 15 is 0 Å². The minimum Gasteiger partial charge on any atom is -0.416 e. The van der Waals surface area contributed by atoms with Gasteiger partial charge in [-0.15, -0.1) is 0 Å². The SMILES string of the molecule is O=C(C=Cc1ccccc1)Oc1ccccc1[N+](=O)[O-]. The molecule has 0 N–H and O–H groups in total. The molecule has 0 atom stereocenters. The van der Waals surface area contributed by atoms with Crippen molar-refractivity contribution < 1.29 is 14.5 Å². The van der Waals surface area contributed by atoms with E-state index in [9.17, 15) is 14.9 Å². The molecule has 0 spiro atoms. The molecule has 5 heteroatoms. The molecular weight excluding hydrogens is 258 g/mol. The number of hydrogen-bond donors (Lipinski definition) is 0. The number of hydrogen-bond acceptors (Lipinski definition) is 4. The molecule has 2 rings (SSSR count). The summed E-state index contributed by atoms with van der Waals surface area (Å²) in [5.41, 5.74) is 0.598. The van der Waals surface area contributed by atoms with Crippen LogP contribution in [0.1, 0.15) is 5.56 Å². The molecular formula is C15H11NO4. The van der Waals surface area contributed by atoms with Gasteiger partial charge in [0.25, 0.3) is 0 Å². The van der Waals surface area contributed by atoms with Crippen molar-refractivity contribution in [2.75, 3.05) is 0 Å². The Balaban J connectivity index is 2.09. The summed E-state index contributed by atoms with van der Waals surface area (Å²) in [5.74, 6) is -0.733. The van der Waals surface area contributed by atoms with Crippen LogP contribution in [0.4, 0.5) is 5.69 Å². The molecule has 0 unspecified atom stereocenters. The lowest BCUT2D eigenvalue weighted by molar-refractivity contribution is -0.385. The van der Waals surface area contributed by atoms with Crippen LogP contribution in [0.25, 0.3) is 6.08 Å². The van der Waals surface area contributed by atoms with Gasteiger partial charge in [-0.2, -0.15) is 0 Å². The Bertz CT molecular complexity index is 650. The van der Waals surface area contributed by atoms with E-state index in [4.69, 9.17) is 4.74 Å². The summed E-state index contributed by atoms with van der Waals surface area (Å²) in [5, 5.41) is 10.8. The van der Waals surface area contributed by atoms with E-state index in [0.717, 1.165) is 5.56 Å². The summed E-state index contributed by atoms with van der Waals surface area (Å²) in [4.78, 5) is 21.8. The normalized spacial score (nSPS) is 10.4. The summed E-state index contributed by atoms with van der Waals surface area (Å²) < 4.78 is 4.96. The van der Waals surface area contributed by atoms with Gasteiger partial charge >= 0.3 is 11.7 Å². The minimum atomic E-state index is -0.664. The fourth-order valence-corrected chi connectivity index (χ4v) is 1.57. The van der Waals surface area contributed by atoms with Crippen LogP contribution in [0.5, 0.6) is 5.75 Å². The summed E-state index contributed by atoms with van der Waals surface area (Å²) in [7, 11) is 0. The third-order valence-electron chi connectivity index (χ3n) is 2.48. The molecule has 20 heavy (non-hydrogen) atoms. The van der Waals surface area contributed by atoms with Crippen molar-refractivity contribution >= 4 is 17.7 Å². The van der Waals surface area contributed by atoms with Crippen LogP contribution in [0, 0.1) is 10.1 Å². The largest absolute Gasteiger partial charge is 0.416 e. The first-order chi connectivity index (χ1) is 9.66. The van der Waals surface area contributed by atoms with E-state index in [1.807, 2.05) is 30.3 Å². The topological polar surface area (TPSA) is 69.4 Å². The molecule has 0 aromatic heterocycles. The molecule has 0 saturated heterocycles. The Labute approximate surface area is 115 Å². The van der Waals surface area contributed by atoms with E-state index < -0.39 is 10.9 Å². The number of nitrogens with zero attached hydrogens (tertiary/aromatic N) is 1. The third-order valence-corrected chi connectivity index (χ3v) is 2.48. The van der Waals surface area contributed by atoms with Crippen LogP contribution in [-0.2, 0) is 4.79 Å². The summed E-state index contributed by atoms with van der Waals surface area (Å²) in [6.07, 6.45) is 2.81. The summed E-state index contributed by atoms with van der Waals surface area (Å²) in [6, 6.07) is 14.9. The predicted molar refractivity (Wildman–Crippen MR) is 74.2 cm³/mol. The molecule has 100 valence electrons. The highest BCUT2D eigenvalue weighted by atomic mass is 16.6. The van der Waals surface area contributed by atoms with E-state index in [0.29, 0.717) is 0 Å². The highest BCUT2D eigenvalue weighted by Gasteiger charge is 2.15. The number of ether oxygens (including phenoxy) is 1. The monoisotopic (exact) mass is 269 g/mol. The van der Waals surface area contributed by atoms with Gasteiger partial charge in [0, 0.05) is 12.1 Å². The average molecular weight is 269 g/mol. The molecule has 5 nitrogen and oxygen atoms in total. The first-order valence-electron chi connectivity index (χ1n) is 5.85. The second-order valence-corrected chi connectivity index (χ2v) is 3.89. The number of carbonyl (C=O) groups excluding carboxylic acids is 1. The van der Waals surface area contributed by atoms with Crippen molar-refractivity contribution in [3.8, 4) is 5.75 Å². The molecule has 0 aliphatic rings. The van der Waals surface area contributed by atoms with Gasteiger partial charge in [-0.3, -0.25) is 10.1 Å². The van der Waals surface area contributed by atoms with Gasteiger partial charge in [0.1, 0.15) is 0 Å². The van der Waals surface area contributed by atoms with E-state index in [1.165, 1.54) is 24.3 Å². The lowest BCUT2D eigenvalue weighted by Gasteiger charge is -2.01. The number of nitro benzene ring substituents is 1. The second-order valence-electron chi connectivity index (χ2n) is 3.89. The number of esters is 1. The maximum absolute atomic E-state index is 11.6. The Morgan fingerprint density at radius 3 is 2.40 bits per heavy atom. The molecule has 0 amide bonds. The molecule has 0 bridgehead atoms. The highest BCUT2D eigenvalue weighted by molar-refractivity contribution is 5.89. The molecule has 0 aliphatic heterocycles. The van der Waals surface area contributed by atoms with Crippen LogP contribution < -0.4 is 4.74 Å². The Morgan fingerprint density at radius 2 is 1.70 bits per heavy atom. The standard InChI is InChI=1S/C15H11NO4/c17-15(11-10-12-6-2-1-3-7-12)20-14-9-5-4-8-13(14)16(18)19/h1-11H. The number of benzene rings is 2. The van der Waals surface area contributed by atoms with E-state index in [2.05, 4.69) is 0 Å². The van der Waals surface area contributed by atoms with Crippen LogP contribution in [-0.4, -0.2) is 10.9 Å². The van der Waals surface area contributed by atoms with Crippen molar-refractivity contribution in [3.63, 3.8) is 0 Å². The Kier molecular flexibility index (Phi) is 4.24. The van der Waals surface area contributed by atoms with Gasteiger partial charge < -0.3 is 4.74 Å². The fraction of sp³-hybridized carbons (Fsp3) is 0. The smallest absolute Gasteiger partial charge is 0.336 e. The number of para-hydroxylation sites is 2. The molecule has 0 heterocycles. The predicted octanol–water partition coefficient (Wildman–Crippen LogP) is 3.21. The van der Waals surface area contributed by atoms with Crippen molar-refractivity contribution in [2.24, 2.45) is 0 Å². The minimum absolute atomic E-state index is 0.0692. The van der Waals surface area contributed by atoms with Crippen LogP contribution in [0.3, 0.4) is 0 Å². The quantitative estimate of drug-likeness (QED) is 0.281. The van der Waals surface area contributed by atoms with E-state index in [-0.39, 0.29) is 11.4 Å². The molecule has 2 aromatic carbocycles. The number of carbonyl (C=O) groups is 1.